The third-order valence-corrected chi connectivity index (χ3v) is 3.07. The number of nitrogens with zero attached hydrogens (tertiary/aromatic N) is 5. The molecule has 0 amide bonds. The van der Waals surface area contributed by atoms with Gasteiger partial charge in [-0.05, 0) is 18.7 Å². The van der Waals surface area contributed by atoms with Crippen molar-refractivity contribution < 1.29 is 10.1 Å². The first-order chi connectivity index (χ1) is 9.51. The minimum atomic E-state index is -0.608. The second kappa shape index (κ2) is 5.52. The van der Waals surface area contributed by atoms with E-state index in [1.54, 1.807) is 6.92 Å². The van der Waals surface area contributed by atoms with Crippen LogP contribution in [0.5, 0.6) is 0 Å². The average molecular weight is 295 g/mol. The van der Waals surface area contributed by atoms with Crippen molar-refractivity contribution in [2.75, 3.05) is 0 Å². The maximum absolute atomic E-state index is 11.0. The Kier molecular flexibility index (Phi) is 3.79. The van der Waals surface area contributed by atoms with Crippen LogP contribution >= 0.6 is 11.8 Å². The van der Waals surface area contributed by atoms with E-state index in [1.807, 2.05) is 0 Å². The lowest BCUT2D eigenvalue weighted by Gasteiger charge is -2.02. The molecule has 20 heavy (non-hydrogen) atoms. The molecule has 10 nitrogen and oxygen atoms in total. The molecule has 0 aliphatic rings. The summed E-state index contributed by atoms with van der Waals surface area (Å²) in [6.07, 6.45) is 1.27. The van der Waals surface area contributed by atoms with Crippen LogP contribution < -0.4 is 5.73 Å². The molecule has 0 aliphatic carbocycles. The van der Waals surface area contributed by atoms with Gasteiger partial charge in [-0.25, -0.2) is 9.97 Å². The number of oxime groups is 1. The van der Waals surface area contributed by atoms with Gasteiger partial charge in [0, 0.05) is 17.8 Å². The highest BCUT2D eigenvalue weighted by atomic mass is 32.2. The lowest BCUT2D eigenvalue weighted by Crippen LogP contribution is -2.14. The molecule has 0 bridgehead atoms. The van der Waals surface area contributed by atoms with Crippen LogP contribution in [0.4, 0.5) is 5.69 Å². The first-order valence-electron chi connectivity index (χ1n) is 5.20. The van der Waals surface area contributed by atoms with E-state index in [4.69, 9.17) is 10.9 Å². The minimum Gasteiger partial charge on any atom is -0.409 e. The van der Waals surface area contributed by atoms with E-state index in [2.05, 4.69) is 25.3 Å². The van der Waals surface area contributed by atoms with Crippen molar-refractivity contribution in [2.24, 2.45) is 10.9 Å². The summed E-state index contributed by atoms with van der Waals surface area (Å²) in [4.78, 5) is 18.4. The van der Waals surface area contributed by atoms with Crippen molar-refractivity contribution in [3.8, 4) is 0 Å². The summed E-state index contributed by atoms with van der Waals surface area (Å²) in [5, 5.41) is 29.3. The van der Waals surface area contributed by atoms with Crippen molar-refractivity contribution in [3.63, 3.8) is 0 Å². The highest BCUT2D eigenvalue weighted by Gasteiger charge is 2.20. The van der Waals surface area contributed by atoms with Crippen LogP contribution in [0.1, 0.15) is 11.4 Å². The smallest absolute Gasteiger partial charge is 0.302 e. The molecule has 0 saturated heterocycles. The van der Waals surface area contributed by atoms with Crippen LogP contribution in [0.2, 0.25) is 0 Å². The van der Waals surface area contributed by atoms with E-state index in [1.165, 1.54) is 12.3 Å². The van der Waals surface area contributed by atoms with Crippen LogP contribution in [0.25, 0.3) is 0 Å². The largest absolute Gasteiger partial charge is 0.409 e. The molecule has 11 heteroatoms. The molecule has 0 unspecified atom stereocenters. The van der Waals surface area contributed by atoms with Gasteiger partial charge in [0.15, 0.2) is 10.9 Å². The Morgan fingerprint density at radius 3 is 2.95 bits per heavy atom. The normalized spacial score (nSPS) is 11.6. The van der Waals surface area contributed by atoms with Gasteiger partial charge in [-0.15, -0.1) is 5.10 Å². The Morgan fingerprint density at radius 2 is 2.40 bits per heavy atom. The number of hydrogen-bond donors (Lipinski definition) is 3. The van der Waals surface area contributed by atoms with E-state index in [0.717, 1.165) is 11.8 Å². The Morgan fingerprint density at radius 1 is 1.65 bits per heavy atom. The molecule has 0 aliphatic heterocycles. The summed E-state index contributed by atoms with van der Waals surface area (Å²) in [6, 6.07) is 1.17. The Hall–Kier alpha value is -2.69. The first kappa shape index (κ1) is 13.7. The minimum absolute atomic E-state index is 0.114. The van der Waals surface area contributed by atoms with Crippen molar-refractivity contribution in [1.29, 1.82) is 0 Å². The number of aryl methyl sites for hydroxylation is 1. The third-order valence-electron chi connectivity index (χ3n) is 2.20. The number of nitrogens with one attached hydrogen (secondary N) is 1. The van der Waals surface area contributed by atoms with Gasteiger partial charge >= 0.3 is 5.69 Å². The Labute approximate surface area is 116 Å². The second-order valence-corrected chi connectivity index (χ2v) is 4.55. The standard InChI is InChI=1S/C9H9N7O3S/c1-4-12-9(14-13-4)20-8-6(16(18)19)2-5(3-11-8)7(10)15-17/h2-3,17H,1H3,(H2,10,15)(H,12,13,14). The molecule has 0 atom stereocenters. The molecule has 0 saturated carbocycles. The summed E-state index contributed by atoms with van der Waals surface area (Å²) in [7, 11) is 0. The fraction of sp³-hybridized carbons (Fsp3) is 0.111. The van der Waals surface area contributed by atoms with Crippen molar-refractivity contribution >= 4 is 23.3 Å². The van der Waals surface area contributed by atoms with Gasteiger partial charge in [0.2, 0.25) is 5.16 Å². The maximum atomic E-state index is 11.0. The second-order valence-electron chi connectivity index (χ2n) is 3.60. The van der Waals surface area contributed by atoms with Crippen LogP contribution in [0, 0.1) is 17.0 Å². The lowest BCUT2D eigenvalue weighted by atomic mass is 10.2. The molecular formula is C9H9N7O3S. The number of amidine groups is 1. The number of aromatic nitrogens is 4. The predicted octanol–water partition coefficient (Wildman–Crippen LogP) is 0.662. The van der Waals surface area contributed by atoms with Crippen LogP contribution in [0.15, 0.2) is 27.6 Å². The lowest BCUT2D eigenvalue weighted by molar-refractivity contribution is -0.388. The number of hydrogen-bond acceptors (Lipinski definition) is 8. The summed E-state index contributed by atoms with van der Waals surface area (Å²) >= 11 is 0.942. The zero-order valence-electron chi connectivity index (χ0n) is 10.1. The van der Waals surface area contributed by atoms with Crippen molar-refractivity contribution in [1.82, 2.24) is 20.2 Å². The maximum Gasteiger partial charge on any atom is 0.302 e. The SMILES string of the molecule is Cc1nc(Sc2ncc(C(N)=NO)cc2[N+](=O)[O-])n[nH]1. The highest BCUT2D eigenvalue weighted by molar-refractivity contribution is 7.99. The van der Waals surface area contributed by atoms with Gasteiger partial charge < -0.3 is 10.9 Å². The molecule has 2 rings (SSSR count). The molecule has 4 N–H and O–H groups in total. The number of H-pyrrole nitrogens is 1. The van der Waals surface area contributed by atoms with Crippen LogP contribution in [0.3, 0.4) is 0 Å². The van der Waals surface area contributed by atoms with Gasteiger partial charge in [-0.3, -0.25) is 15.2 Å². The molecule has 0 radical (unpaired) electrons. The van der Waals surface area contributed by atoms with Gasteiger partial charge in [0.1, 0.15) is 5.82 Å². The van der Waals surface area contributed by atoms with E-state index >= 15 is 0 Å². The van der Waals surface area contributed by atoms with Gasteiger partial charge in [-0.1, -0.05) is 5.16 Å². The number of nitro groups is 1. The predicted molar refractivity (Wildman–Crippen MR) is 68.6 cm³/mol. The zero-order valence-corrected chi connectivity index (χ0v) is 11.0. The number of rotatable bonds is 4. The van der Waals surface area contributed by atoms with Crippen molar-refractivity contribution in [3.05, 3.63) is 33.8 Å². The molecule has 2 heterocycles. The average Bonchev–Trinajstić information content (AvgIpc) is 2.83. The summed E-state index contributed by atoms with van der Waals surface area (Å²) in [5.41, 5.74) is 5.24. The van der Waals surface area contributed by atoms with Crippen molar-refractivity contribution in [2.45, 2.75) is 17.1 Å². The molecule has 2 aromatic heterocycles. The highest BCUT2D eigenvalue weighted by Crippen LogP contribution is 2.31. The molecule has 104 valence electrons. The number of pyridine rings is 1. The molecule has 0 spiro atoms. The molecular weight excluding hydrogens is 286 g/mol. The zero-order chi connectivity index (χ0) is 14.7. The number of nitrogens with two attached hydrogens (primary N) is 1. The van der Waals surface area contributed by atoms with Gasteiger partial charge in [0.25, 0.3) is 0 Å². The Balaban J connectivity index is 2.40. The van der Waals surface area contributed by atoms with E-state index in [0.29, 0.717) is 11.0 Å². The van der Waals surface area contributed by atoms with E-state index in [-0.39, 0.29) is 22.1 Å². The van der Waals surface area contributed by atoms with Crippen LogP contribution in [-0.2, 0) is 0 Å². The monoisotopic (exact) mass is 295 g/mol. The van der Waals surface area contributed by atoms with Gasteiger partial charge in [-0.2, -0.15) is 0 Å². The van der Waals surface area contributed by atoms with Gasteiger partial charge in [0.05, 0.1) is 4.92 Å². The number of aromatic amines is 1. The topological polar surface area (TPSA) is 156 Å². The molecule has 0 fully saturated rings. The van der Waals surface area contributed by atoms with E-state index < -0.39 is 4.92 Å². The quantitative estimate of drug-likeness (QED) is 0.244. The Bertz CT molecular complexity index is 684. The summed E-state index contributed by atoms with van der Waals surface area (Å²) in [5.74, 6) is 0.328. The summed E-state index contributed by atoms with van der Waals surface area (Å²) < 4.78 is 0. The third kappa shape index (κ3) is 2.83. The molecule has 2 aromatic rings. The summed E-state index contributed by atoms with van der Waals surface area (Å²) in [6.45, 7) is 1.71. The van der Waals surface area contributed by atoms with E-state index in [9.17, 15) is 10.1 Å². The molecule has 0 aromatic carbocycles. The van der Waals surface area contributed by atoms with Crippen LogP contribution in [-0.4, -0.2) is 36.1 Å². The fourth-order valence-corrected chi connectivity index (χ4v) is 2.09. The first-order valence-corrected chi connectivity index (χ1v) is 6.02. The fourth-order valence-electron chi connectivity index (χ4n) is 1.30.